The molecule has 1 saturated heterocycles. The number of hydrogen-bond donors (Lipinski definition) is 1. The molecule has 248 valence electrons. The molecule has 0 aromatic heterocycles. The standard InChI is InChI=1S/C34H43NO9P.U/c1-23(2)35(24(3)4)45(40-7)42-22-30-32(43-33(36)37)31(21-41-30)44-34(25-11-9-8-10-12-25,26-13-17-28(38-5)18-14-26)27-15-19-29(39-6)20-16-27;/h8-21,23-24,30-32H,22H2,1-7H3,(H,36,37);/q-1;. The first-order chi connectivity index (χ1) is 21.6. The van der Waals surface area contributed by atoms with Gasteiger partial charge >= 0.3 is 6.16 Å². The fourth-order valence-corrected chi connectivity index (χ4v) is 7.05. The topological polar surface area (TPSA) is 105 Å². The van der Waals surface area contributed by atoms with Gasteiger partial charge < -0.3 is 37.8 Å². The minimum absolute atomic E-state index is 0. The summed E-state index contributed by atoms with van der Waals surface area (Å²) in [5, 5.41) is 9.79. The second-order valence-electron chi connectivity index (χ2n) is 11.0. The van der Waals surface area contributed by atoms with Crippen molar-refractivity contribution in [3.8, 4) is 11.5 Å². The van der Waals surface area contributed by atoms with Gasteiger partial charge in [0, 0.05) is 50.3 Å². The number of benzene rings is 3. The van der Waals surface area contributed by atoms with E-state index in [0.717, 1.165) is 16.7 Å². The zero-order chi connectivity index (χ0) is 32.6. The number of methoxy groups -OCH3 is 2. The maximum Gasteiger partial charge on any atom is 0.506 e. The molecular weight excluding hydrogens is 835 g/mol. The van der Waals surface area contributed by atoms with Gasteiger partial charge in [-0.3, -0.25) is 0 Å². The van der Waals surface area contributed by atoms with Crippen molar-refractivity contribution in [3.05, 3.63) is 102 Å². The quantitative estimate of drug-likeness (QED) is 0.0743. The van der Waals surface area contributed by atoms with Crippen molar-refractivity contribution >= 4 is 14.7 Å². The van der Waals surface area contributed by atoms with Gasteiger partial charge in [0.2, 0.25) is 0 Å². The van der Waals surface area contributed by atoms with Crippen LogP contribution in [0.3, 0.4) is 0 Å². The maximum atomic E-state index is 12.0. The first-order valence-corrected chi connectivity index (χ1v) is 15.9. The van der Waals surface area contributed by atoms with Crippen LogP contribution in [0.1, 0.15) is 44.4 Å². The molecule has 3 aromatic rings. The van der Waals surface area contributed by atoms with E-state index in [1.807, 2.05) is 78.9 Å². The Balaban J connectivity index is 0.00000576. The number of carbonyl (C=O) groups is 1. The Bertz CT molecular complexity index is 1290. The van der Waals surface area contributed by atoms with E-state index in [2.05, 4.69) is 32.4 Å². The molecule has 1 fully saturated rings. The third kappa shape index (κ3) is 8.83. The Kier molecular flexibility index (Phi) is 14.8. The summed E-state index contributed by atoms with van der Waals surface area (Å²) < 4.78 is 43.5. The van der Waals surface area contributed by atoms with E-state index < -0.39 is 38.6 Å². The van der Waals surface area contributed by atoms with E-state index in [1.165, 1.54) is 6.61 Å². The van der Waals surface area contributed by atoms with Gasteiger partial charge in [-0.1, -0.05) is 54.6 Å². The van der Waals surface area contributed by atoms with Crippen LogP contribution in [-0.4, -0.2) is 74.3 Å². The van der Waals surface area contributed by atoms with Gasteiger partial charge in [0.05, 0.1) is 26.9 Å². The van der Waals surface area contributed by atoms with Crippen molar-refractivity contribution in [3.63, 3.8) is 0 Å². The summed E-state index contributed by atoms with van der Waals surface area (Å²) in [4.78, 5) is 12.0. The second-order valence-corrected chi connectivity index (χ2v) is 12.6. The molecule has 4 unspecified atom stereocenters. The fourth-order valence-electron chi connectivity index (χ4n) is 5.59. The Labute approximate surface area is 296 Å². The molecule has 1 N–H and O–H groups in total. The zero-order valence-corrected chi connectivity index (χ0v) is 32.3. The van der Waals surface area contributed by atoms with Crippen LogP contribution in [0, 0.1) is 37.7 Å². The molecule has 1 heterocycles. The van der Waals surface area contributed by atoms with Gasteiger partial charge in [-0.2, -0.15) is 6.61 Å². The molecule has 0 saturated carbocycles. The van der Waals surface area contributed by atoms with Gasteiger partial charge in [0.1, 0.15) is 23.2 Å². The Hall–Kier alpha value is -2.19. The van der Waals surface area contributed by atoms with Gasteiger partial charge in [-0.15, -0.1) is 0 Å². The van der Waals surface area contributed by atoms with Crippen molar-refractivity contribution in [1.82, 2.24) is 4.67 Å². The molecule has 4 atom stereocenters. The van der Waals surface area contributed by atoms with Crippen molar-refractivity contribution < 1.29 is 73.7 Å². The molecule has 12 heteroatoms. The number of nitrogens with zero attached hydrogens (tertiary/aromatic N) is 1. The number of rotatable bonds is 15. The molecule has 1 aliphatic heterocycles. The van der Waals surface area contributed by atoms with Gasteiger partial charge in [0.15, 0.2) is 0 Å². The summed E-state index contributed by atoms with van der Waals surface area (Å²) >= 11 is 0. The molecule has 0 radical (unpaired) electrons. The van der Waals surface area contributed by atoms with Crippen molar-refractivity contribution in [2.45, 2.75) is 63.7 Å². The van der Waals surface area contributed by atoms with E-state index in [-0.39, 0.29) is 49.8 Å². The van der Waals surface area contributed by atoms with Gasteiger partial charge in [-0.25, -0.2) is 9.46 Å². The monoisotopic (exact) mass is 878 g/mol. The fraction of sp³-hybridized carbons (Fsp3) is 0.412. The van der Waals surface area contributed by atoms with Crippen LogP contribution in [0.2, 0.25) is 0 Å². The van der Waals surface area contributed by atoms with Crippen LogP contribution in [0.4, 0.5) is 4.79 Å². The molecule has 4 rings (SSSR count). The van der Waals surface area contributed by atoms with Crippen LogP contribution in [0.25, 0.3) is 0 Å². The third-order valence-electron chi connectivity index (χ3n) is 7.55. The van der Waals surface area contributed by atoms with Crippen molar-refractivity contribution in [2.24, 2.45) is 0 Å². The first-order valence-electron chi connectivity index (χ1n) is 14.8. The SMILES string of the molecule is COc1ccc(C(OC2[CH-]OC(COP(OC)N(C(C)C)C(C)C)C2OC(=O)O)(c2ccccc2)c2ccc(OC)cc2)cc1.[U]. The number of ether oxygens (including phenoxy) is 5. The van der Waals surface area contributed by atoms with E-state index in [1.54, 1.807) is 21.3 Å². The predicted molar refractivity (Wildman–Crippen MR) is 171 cm³/mol. The average Bonchev–Trinajstić information content (AvgIpc) is 3.41. The summed E-state index contributed by atoms with van der Waals surface area (Å²) in [6.45, 7) is 9.79. The molecule has 0 spiro atoms. The van der Waals surface area contributed by atoms with Gasteiger partial charge in [-0.05, 0) is 74.8 Å². The Morgan fingerprint density at radius 1 is 0.870 bits per heavy atom. The van der Waals surface area contributed by atoms with E-state index in [4.69, 9.17) is 32.7 Å². The molecule has 0 amide bonds. The van der Waals surface area contributed by atoms with E-state index in [0.29, 0.717) is 11.5 Å². The molecule has 0 aliphatic carbocycles. The largest absolute Gasteiger partial charge is 0.543 e. The van der Waals surface area contributed by atoms with Crippen LogP contribution < -0.4 is 9.47 Å². The van der Waals surface area contributed by atoms with Crippen LogP contribution >= 0.6 is 8.53 Å². The molecule has 1 aliphatic rings. The Morgan fingerprint density at radius 2 is 1.37 bits per heavy atom. The minimum atomic E-state index is -1.45. The molecule has 46 heavy (non-hydrogen) atoms. The van der Waals surface area contributed by atoms with E-state index in [9.17, 15) is 9.90 Å². The van der Waals surface area contributed by atoms with Crippen LogP contribution in [0.15, 0.2) is 78.9 Å². The summed E-state index contributed by atoms with van der Waals surface area (Å²) in [6, 6.07) is 25.2. The summed E-state index contributed by atoms with van der Waals surface area (Å²) in [5.41, 5.74) is 1.17. The third-order valence-corrected chi connectivity index (χ3v) is 9.54. The smallest absolute Gasteiger partial charge is 0.506 e. The normalized spacial score (nSPS) is 18.8. The molecular formula is C34H43NO9PU-. The van der Waals surface area contributed by atoms with Gasteiger partial charge in [0.25, 0.3) is 8.53 Å². The van der Waals surface area contributed by atoms with Crippen LogP contribution in [0.5, 0.6) is 11.5 Å². The zero-order valence-electron chi connectivity index (χ0n) is 27.3. The second kappa shape index (κ2) is 17.8. The van der Waals surface area contributed by atoms with E-state index >= 15 is 0 Å². The van der Waals surface area contributed by atoms with Crippen molar-refractivity contribution in [2.75, 3.05) is 27.9 Å². The Morgan fingerprint density at radius 3 is 1.80 bits per heavy atom. The average molecular weight is 879 g/mol. The molecule has 10 nitrogen and oxygen atoms in total. The number of hydrogen-bond acceptors (Lipinski definition) is 9. The van der Waals surface area contributed by atoms with Crippen molar-refractivity contribution in [1.29, 1.82) is 0 Å². The molecule has 3 aromatic carbocycles. The summed E-state index contributed by atoms with van der Waals surface area (Å²) in [7, 11) is 3.37. The molecule has 0 bridgehead atoms. The first kappa shape index (κ1) is 38.3. The number of carboxylic acid groups (broad SMARTS) is 1. The minimum Gasteiger partial charge on any atom is -0.543 e. The summed E-state index contributed by atoms with van der Waals surface area (Å²) in [6.07, 6.45) is -4.19. The summed E-state index contributed by atoms with van der Waals surface area (Å²) in [5.74, 6) is 1.36. The maximum absolute atomic E-state index is 12.0. The predicted octanol–water partition coefficient (Wildman–Crippen LogP) is 7.01. The van der Waals surface area contributed by atoms with Crippen LogP contribution in [-0.2, 0) is 28.9 Å².